The first kappa shape index (κ1) is 14.8. The van der Waals surface area contributed by atoms with Crippen LogP contribution in [0.5, 0.6) is 0 Å². The van der Waals surface area contributed by atoms with E-state index in [4.69, 9.17) is 28.1 Å². The molecule has 2 aliphatic heterocycles. The molecule has 2 aliphatic rings. The summed E-state index contributed by atoms with van der Waals surface area (Å²) in [6.07, 6.45) is 3.58. The molecule has 0 fully saturated rings. The SMILES string of the molecule is NC1=C2N=C(c3ccccc3)C(N)(c3cccc(Cl)c3)N2C=CN1. The van der Waals surface area contributed by atoms with Gasteiger partial charge in [0, 0.05) is 28.5 Å². The Morgan fingerprint density at radius 3 is 2.62 bits per heavy atom. The summed E-state index contributed by atoms with van der Waals surface area (Å²) in [7, 11) is 0. The summed E-state index contributed by atoms with van der Waals surface area (Å²) in [5.41, 5.74) is 14.5. The van der Waals surface area contributed by atoms with Crippen LogP contribution in [0.1, 0.15) is 11.1 Å². The van der Waals surface area contributed by atoms with Crippen LogP contribution in [-0.4, -0.2) is 10.6 Å². The van der Waals surface area contributed by atoms with Crippen LogP contribution in [0.3, 0.4) is 0 Å². The average molecular weight is 338 g/mol. The van der Waals surface area contributed by atoms with E-state index in [2.05, 4.69) is 5.32 Å². The Bertz CT molecular complexity index is 887. The number of aliphatic imine (C=N–C) groups is 1. The molecule has 2 heterocycles. The van der Waals surface area contributed by atoms with Crippen molar-refractivity contribution in [1.82, 2.24) is 10.2 Å². The quantitative estimate of drug-likeness (QED) is 0.786. The predicted octanol–water partition coefficient (Wildman–Crippen LogP) is 2.42. The molecule has 0 spiro atoms. The molecule has 24 heavy (non-hydrogen) atoms. The molecule has 0 saturated carbocycles. The van der Waals surface area contributed by atoms with Crippen LogP contribution in [0, 0.1) is 0 Å². The van der Waals surface area contributed by atoms with Gasteiger partial charge < -0.3 is 16.0 Å². The minimum atomic E-state index is -0.995. The highest BCUT2D eigenvalue weighted by atomic mass is 35.5. The molecule has 0 saturated heterocycles. The summed E-state index contributed by atoms with van der Waals surface area (Å²) in [5, 5.41) is 3.59. The summed E-state index contributed by atoms with van der Waals surface area (Å²) >= 11 is 6.20. The van der Waals surface area contributed by atoms with Crippen LogP contribution in [0.15, 0.2) is 83.6 Å². The number of rotatable bonds is 2. The Hall–Kier alpha value is -2.76. The summed E-state index contributed by atoms with van der Waals surface area (Å²) in [4.78, 5) is 6.60. The lowest BCUT2D eigenvalue weighted by Crippen LogP contribution is -2.54. The lowest BCUT2D eigenvalue weighted by molar-refractivity contribution is 0.293. The highest BCUT2D eigenvalue weighted by Crippen LogP contribution is 2.39. The number of fused-ring (bicyclic) bond motifs is 1. The molecule has 6 heteroatoms. The van der Waals surface area contributed by atoms with Crippen LogP contribution < -0.4 is 16.8 Å². The van der Waals surface area contributed by atoms with Gasteiger partial charge in [0.25, 0.3) is 0 Å². The van der Waals surface area contributed by atoms with Crippen molar-refractivity contribution < 1.29 is 0 Å². The molecule has 4 rings (SSSR count). The highest BCUT2D eigenvalue weighted by Gasteiger charge is 2.47. The van der Waals surface area contributed by atoms with Crippen molar-refractivity contribution >= 4 is 17.3 Å². The summed E-state index contributed by atoms with van der Waals surface area (Å²) in [6.45, 7) is 0. The van der Waals surface area contributed by atoms with Crippen molar-refractivity contribution in [1.29, 1.82) is 0 Å². The van der Waals surface area contributed by atoms with E-state index >= 15 is 0 Å². The lowest BCUT2D eigenvalue weighted by Gasteiger charge is -2.37. The first-order valence-electron chi connectivity index (χ1n) is 7.52. The molecule has 2 aromatic rings. The zero-order chi connectivity index (χ0) is 16.7. The average Bonchev–Trinajstić information content (AvgIpc) is 2.91. The number of halogens is 1. The molecule has 0 bridgehead atoms. The molecule has 2 aromatic carbocycles. The molecule has 5 nitrogen and oxygen atoms in total. The van der Waals surface area contributed by atoms with Gasteiger partial charge in [0.2, 0.25) is 0 Å². The molecule has 0 aromatic heterocycles. The summed E-state index contributed by atoms with van der Waals surface area (Å²) in [5.74, 6) is 1.05. The van der Waals surface area contributed by atoms with Gasteiger partial charge >= 0.3 is 0 Å². The van der Waals surface area contributed by atoms with Crippen molar-refractivity contribution in [2.24, 2.45) is 16.5 Å². The van der Waals surface area contributed by atoms with E-state index in [0.29, 0.717) is 16.7 Å². The second-order valence-electron chi connectivity index (χ2n) is 5.67. The number of nitrogens with zero attached hydrogens (tertiary/aromatic N) is 2. The van der Waals surface area contributed by atoms with E-state index in [1.807, 2.05) is 65.7 Å². The smallest absolute Gasteiger partial charge is 0.176 e. The zero-order valence-electron chi connectivity index (χ0n) is 12.8. The third kappa shape index (κ3) is 2.10. The molecule has 1 unspecified atom stereocenters. The second kappa shape index (κ2) is 5.40. The first-order valence-corrected chi connectivity index (χ1v) is 7.90. The molecule has 5 N–H and O–H groups in total. The maximum absolute atomic E-state index is 6.91. The van der Waals surface area contributed by atoms with Crippen LogP contribution in [0.4, 0.5) is 0 Å². The monoisotopic (exact) mass is 337 g/mol. The van der Waals surface area contributed by atoms with Crippen molar-refractivity contribution in [3.63, 3.8) is 0 Å². The van der Waals surface area contributed by atoms with Crippen LogP contribution >= 0.6 is 11.6 Å². The molecule has 120 valence electrons. The van der Waals surface area contributed by atoms with Gasteiger partial charge in [-0.15, -0.1) is 0 Å². The minimum absolute atomic E-state index is 0.459. The fourth-order valence-electron chi connectivity index (χ4n) is 3.05. The minimum Gasteiger partial charge on any atom is -0.382 e. The Labute approximate surface area is 144 Å². The van der Waals surface area contributed by atoms with E-state index in [1.54, 1.807) is 6.20 Å². The standard InChI is InChI=1S/C18H16ClN5/c19-14-8-4-7-13(11-14)18(21)15(12-5-2-1-3-6-12)23-17-16(20)22-9-10-24(17)18/h1-11,22H,20-21H2. The summed E-state index contributed by atoms with van der Waals surface area (Å²) < 4.78 is 0. The molecule has 1 atom stereocenters. The van der Waals surface area contributed by atoms with Gasteiger partial charge in [-0.05, 0) is 12.1 Å². The Morgan fingerprint density at radius 1 is 1.08 bits per heavy atom. The van der Waals surface area contributed by atoms with E-state index < -0.39 is 5.66 Å². The van der Waals surface area contributed by atoms with Gasteiger partial charge in [0.05, 0.1) is 5.71 Å². The molecule has 0 aliphatic carbocycles. The highest BCUT2D eigenvalue weighted by molar-refractivity contribution is 6.30. The third-order valence-electron chi connectivity index (χ3n) is 4.20. The summed E-state index contributed by atoms with van der Waals surface area (Å²) in [6, 6.07) is 17.3. The topological polar surface area (TPSA) is 79.7 Å². The number of nitrogens with one attached hydrogen (secondary N) is 1. The van der Waals surface area contributed by atoms with E-state index in [1.165, 1.54) is 0 Å². The maximum Gasteiger partial charge on any atom is 0.176 e. The van der Waals surface area contributed by atoms with Crippen molar-refractivity contribution in [3.05, 3.63) is 94.8 Å². The number of nitrogens with two attached hydrogens (primary N) is 2. The first-order chi connectivity index (χ1) is 11.6. The van der Waals surface area contributed by atoms with Crippen LogP contribution in [0.2, 0.25) is 5.02 Å². The van der Waals surface area contributed by atoms with Gasteiger partial charge in [0.1, 0.15) is 5.82 Å². The van der Waals surface area contributed by atoms with Crippen LogP contribution in [-0.2, 0) is 5.66 Å². The largest absolute Gasteiger partial charge is 0.382 e. The van der Waals surface area contributed by atoms with Gasteiger partial charge in [0.15, 0.2) is 11.5 Å². The lowest BCUT2D eigenvalue weighted by atomic mass is 9.90. The Morgan fingerprint density at radius 2 is 1.88 bits per heavy atom. The van der Waals surface area contributed by atoms with Crippen molar-refractivity contribution in [2.75, 3.05) is 0 Å². The third-order valence-corrected chi connectivity index (χ3v) is 4.44. The number of benzene rings is 2. The molecular weight excluding hydrogens is 322 g/mol. The molecular formula is C18H16ClN5. The van der Waals surface area contributed by atoms with Gasteiger partial charge in [-0.1, -0.05) is 54.1 Å². The molecule has 0 amide bonds. The Kier molecular flexibility index (Phi) is 3.33. The van der Waals surface area contributed by atoms with Gasteiger partial charge in [-0.3, -0.25) is 5.73 Å². The fourth-order valence-corrected chi connectivity index (χ4v) is 3.24. The van der Waals surface area contributed by atoms with Crippen molar-refractivity contribution in [3.8, 4) is 0 Å². The van der Waals surface area contributed by atoms with E-state index in [9.17, 15) is 0 Å². The van der Waals surface area contributed by atoms with E-state index in [0.717, 1.165) is 16.8 Å². The number of hydrogen-bond acceptors (Lipinski definition) is 5. The second-order valence-corrected chi connectivity index (χ2v) is 6.11. The van der Waals surface area contributed by atoms with Gasteiger partial charge in [-0.25, -0.2) is 4.99 Å². The normalized spacial score (nSPS) is 22.2. The maximum atomic E-state index is 6.91. The van der Waals surface area contributed by atoms with Crippen LogP contribution in [0.25, 0.3) is 0 Å². The van der Waals surface area contributed by atoms with E-state index in [-0.39, 0.29) is 0 Å². The van der Waals surface area contributed by atoms with Gasteiger partial charge in [-0.2, -0.15) is 0 Å². The fraction of sp³-hybridized carbons (Fsp3) is 0.0556. The predicted molar refractivity (Wildman–Crippen MR) is 95.6 cm³/mol. The van der Waals surface area contributed by atoms with Crippen molar-refractivity contribution in [2.45, 2.75) is 5.66 Å². The zero-order valence-corrected chi connectivity index (χ0v) is 13.5. The molecule has 0 radical (unpaired) electrons. The number of hydrogen-bond donors (Lipinski definition) is 3. The Balaban J connectivity index is 1.97.